The van der Waals surface area contributed by atoms with E-state index in [1.165, 1.54) is 18.4 Å². The fourth-order valence-corrected chi connectivity index (χ4v) is 3.66. The lowest BCUT2D eigenvalue weighted by Crippen LogP contribution is -2.30. The molecule has 3 aromatic rings. The van der Waals surface area contributed by atoms with Crippen molar-refractivity contribution in [3.63, 3.8) is 0 Å². The van der Waals surface area contributed by atoms with E-state index in [2.05, 4.69) is 31.5 Å². The molecule has 0 aliphatic carbocycles. The summed E-state index contributed by atoms with van der Waals surface area (Å²) < 4.78 is 0. The largest absolute Gasteiger partial charge is 0.338 e. The van der Waals surface area contributed by atoms with Crippen molar-refractivity contribution in [1.29, 1.82) is 0 Å². The number of carbonyl (C=O) groups is 1. The quantitative estimate of drug-likeness (QED) is 0.694. The molecule has 2 aromatic carbocycles. The third-order valence-electron chi connectivity index (χ3n) is 5.08. The number of hydrogen-bond acceptors (Lipinski definition) is 4. The minimum Gasteiger partial charge on any atom is -0.338 e. The minimum atomic E-state index is -0.402. The van der Waals surface area contributed by atoms with Crippen LogP contribution in [-0.2, 0) is 6.54 Å². The summed E-state index contributed by atoms with van der Waals surface area (Å²) in [6.45, 7) is 5.01. The van der Waals surface area contributed by atoms with Crippen LogP contribution in [0.2, 0.25) is 0 Å². The fraction of sp³-hybridized carbons (Fsp3) is 0.318. The molecule has 4 rings (SSSR count). The van der Waals surface area contributed by atoms with Gasteiger partial charge in [-0.2, -0.15) is 5.10 Å². The van der Waals surface area contributed by atoms with Crippen LogP contribution in [0, 0.1) is 6.92 Å². The molecule has 2 N–H and O–H groups in total. The molecule has 1 saturated heterocycles. The summed E-state index contributed by atoms with van der Waals surface area (Å²) in [5.74, 6) is 1.16. The van der Waals surface area contributed by atoms with Crippen LogP contribution in [0.5, 0.6) is 0 Å². The average molecular weight is 375 g/mol. The van der Waals surface area contributed by atoms with E-state index in [4.69, 9.17) is 0 Å². The van der Waals surface area contributed by atoms with Crippen LogP contribution in [0.1, 0.15) is 52.0 Å². The molecular weight excluding hydrogens is 350 g/mol. The van der Waals surface area contributed by atoms with Crippen LogP contribution in [0.4, 0.5) is 0 Å². The van der Waals surface area contributed by atoms with Crippen molar-refractivity contribution < 1.29 is 4.79 Å². The normalized spacial score (nSPS) is 15.5. The second-order valence-electron chi connectivity index (χ2n) is 7.28. The van der Waals surface area contributed by atoms with Crippen LogP contribution >= 0.6 is 0 Å². The first-order valence-electron chi connectivity index (χ1n) is 9.75. The van der Waals surface area contributed by atoms with Crippen LogP contribution in [0.25, 0.3) is 0 Å². The van der Waals surface area contributed by atoms with E-state index in [0.29, 0.717) is 11.4 Å². The smallest absolute Gasteiger partial charge is 0.252 e. The Morgan fingerprint density at radius 1 is 1.14 bits per heavy atom. The highest BCUT2D eigenvalue weighted by molar-refractivity contribution is 5.94. The van der Waals surface area contributed by atoms with Gasteiger partial charge >= 0.3 is 0 Å². The van der Waals surface area contributed by atoms with Gasteiger partial charge < -0.3 is 5.32 Å². The monoisotopic (exact) mass is 375 g/mol. The molecule has 28 heavy (non-hydrogen) atoms. The highest BCUT2D eigenvalue weighted by Gasteiger charge is 2.22. The lowest BCUT2D eigenvalue weighted by atomic mass is 10.0. The average Bonchev–Trinajstić information content (AvgIpc) is 3.38. The molecule has 1 aromatic heterocycles. The fourth-order valence-electron chi connectivity index (χ4n) is 3.66. The second-order valence-corrected chi connectivity index (χ2v) is 7.28. The van der Waals surface area contributed by atoms with Crippen molar-refractivity contribution >= 4 is 5.91 Å². The second kappa shape index (κ2) is 8.35. The van der Waals surface area contributed by atoms with Crippen LogP contribution < -0.4 is 5.32 Å². The maximum absolute atomic E-state index is 13.0. The molecule has 1 fully saturated rings. The first-order valence-corrected chi connectivity index (χ1v) is 9.75. The Kier molecular flexibility index (Phi) is 5.48. The van der Waals surface area contributed by atoms with Crippen molar-refractivity contribution in [2.24, 2.45) is 0 Å². The molecule has 1 aliphatic heterocycles. The van der Waals surface area contributed by atoms with Crippen molar-refractivity contribution in [2.45, 2.75) is 32.4 Å². The summed E-state index contributed by atoms with van der Waals surface area (Å²) >= 11 is 0. The van der Waals surface area contributed by atoms with Crippen molar-refractivity contribution in [3.8, 4) is 0 Å². The molecule has 6 nitrogen and oxygen atoms in total. The number of nitrogens with one attached hydrogen (secondary N) is 2. The third-order valence-corrected chi connectivity index (χ3v) is 5.08. The lowest BCUT2D eigenvalue weighted by Gasteiger charge is -2.18. The van der Waals surface area contributed by atoms with Gasteiger partial charge in [0.2, 0.25) is 0 Å². The standard InChI is InChI=1S/C22H25N5O/c1-16-23-21(26-25-16)20(18-9-3-2-4-10-18)24-22(28)19-11-7-8-17(14-19)15-27-12-5-6-13-27/h2-4,7-11,14,20H,5-6,12-13,15H2,1H3,(H,24,28)(H,23,25,26). The molecule has 144 valence electrons. The van der Waals surface area contributed by atoms with Gasteiger partial charge in [-0.15, -0.1) is 0 Å². The SMILES string of the molecule is Cc1nc(C(NC(=O)c2cccc(CN3CCCC3)c2)c2ccccc2)n[nH]1. The number of rotatable bonds is 6. The molecule has 0 saturated carbocycles. The number of likely N-dealkylation sites (tertiary alicyclic amines) is 1. The molecule has 1 unspecified atom stereocenters. The van der Waals surface area contributed by atoms with Gasteiger partial charge in [-0.3, -0.25) is 14.8 Å². The van der Waals surface area contributed by atoms with E-state index in [1.807, 2.05) is 55.5 Å². The van der Waals surface area contributed by atoms with Gasteiger partial charge in [-0.1, -0.05) is 42.5 Å². The molecule has 1 aliphatic rings. The van der Waals surface area contributed by atoms with Gasteiger partial charge in [0.15, 0.2) is 5.82 Å². The highest BCUT2D eigenvalue weighted by Crippen LogP contribution is 2.20. The zero-order valence-corrected chi connectivity index (χ0v) is 16.1. The predicted octanol–water partition coefficient (Wildman–Crippen LogP) is 3.23. The van der Waals surface area contributed by atoms with Crippen LogP contribution in [0.3, 0.4) is 0 Å². The van der Waals surface area contributed by atoms with Gasteiger partial charge in [0, 0.05) is 12.1 Å². The predicted molar refractivity (Wildman–Crippen MR) is 108 cm³/mol. The van der Waals surface area contributed by atoms with Gasteiger partial charge in [-0.05, 0) is 56.1 Å². The van der Waals surface area contributed by atoms with Gasteiger partial charge in [0.1, 0.15) is 11.9 Å². The molecule has 1 amide bonds. The summed E-state index contributed by atoms with van der Waals surface area (Å²) in [4.78, 5) is 19.9. The van der Waals surface area contributed by atoms with Gasteiger partial charge in [0.05, 0.1) is 0 Å². The molecule has 0 radical (unpaired) electrons. The molecule has 2 heterocycles. The Hall–Kier alpha value is -2.99. The number of nitrogens with zero attached hydrogens (tertiary/aromatic N) is 3. The number of aryl methyl sites for hydroxylation is 1. The van der Waals surface area contributed by atoms with Crippen molar-refractivity contribution in [3.05, 3.63) is 82.9 Å². The molecule has 6 heteroatoms. The van der Waals surface area contributed by atoms with Crippen molar-refractivity contribution in [1.82, 2.24) is 25.4 Å². The Morgan fingerprint density at radius 2 is 1.93 bits per heavy atom. The summed E-state index contributed by atoms with van der Waals surface area (Å²) in [5.41, 5.74) is 2.77. The van der Waals surface area contributed by atoms with E-state index in [1.54, 1.807) is 0 Å². The third kappa shape index (κ3) is 4.28. The number of amides is 1. The number of H-pyrrole nitrogens is 1. The van der Waals surface area contributed by atoms with E-state index in [0.717, 1.165) is 31.0 Å². The molecule has 1 atom stereocenters. The molecular formula is C22H25N5O. The maximum Gasteiger partial charge on any atom is 0.252 e. The van der Waals surface area contributed by atoms with E-state index in [9.17, 15) is 4.79 Å². The number of aromatic nitrogens is 3. The first kappa shape index (κ1) is 18.4. The summed E-state index contributed by atoms with van der Waals surface area (Å²) in [7, 11) is 0. The van der Waals surface area contributed by atoms with Crippen LogP contribution in [0.15, 0.2) is 54.6 Å². The van der Waals surface area contributed by atoms with E-state index in [-0.39, 0.29) is 5.91 Å². The lowest BCUT2D eigenvalue weighted by molar-refractivity contribution is 0.0941. The number of carbonyl (C=O) groups excluding carboxylic acids is 1. The Labute approximate surface area is 165 Å². The van der Waals surface area contributed by atoms with Crippen molar-refractivity contribution in [2.75, 3.05) is 13.1 Å². The Morgan fingerprint density at radius 3 is 2.64 bits per heavy atom. The zero-order chi connectivity index (χ0) is 19.3. The Balaban J connectivity index is 1.54. The summed E-state index contributed by atoms with van der Waals surface area (Å²) in [6.07, 6.45) is 2.52. The van der Waals surface area contributed by atoms with E-state index >= 15 is 0 Å². The molecule has 0 spiro atoms. The number of aromatic amines is 1. The first-order chi connectivity index (χ1) is 13.7. The maximum atomic E-state index is 13.0. The topological polar surface area (TPSA) is 73.9 Å². The number of benzene rings is 2. The summed E-state index contributed by atoms with van der Waals surface area (Å²) in [6, 6.07) is 17.3. The zero-order valence-electron chi connectivity index (χ0n) is 16.1. The van der Waals surface area contributed by atoms with Gasteiger partial charge in [0.25, 0.3) is 5.91 Å². The molecule has 0 bridgehead atoms. The van der Waals surface area contributed by atoms with Gasteiger partial charge in [-0.25, -0.2) is 4.98 Å². The van der Waals surface area contributed by atoms with E-state index < -0.39 is 6.04 Å². The summed E-state index contributed by atoms with van der Waals surface area (Å²) in [5, 5.41) is 10.2. The minimum absolute atomic E-state index is 0.125. The highest BCUT2D eigenvalue weighted by atomic mass is 16.1. The Bertz CT molecular complexity index is 931. The van der Waals surface area contributed by atoms with Crippen LogP contribution in [-0.4, -0.2) is 39.1 Å². The number of hydrogen-bond donors (Lipinski definition) is 2.